The van der Waals surface area contributed by atoms with Crippen LogP contribution in [0.1, 0.15) is 45.9 Å². The molecule has 0 spiro atoms. The third-order valence-corrected chi connectivity index (χ3v) is 5.83. The van der Waals surface area contributed by atoms with Gasteiger partial charge in [0.25, 0.3) is 5.91 Å². The molecule has 0 saturated carbocycles. The number of hydrogen-bond acceptors (Lipinski definition) is 7. The fourth-order valence-corrected chi connectivity index (χ4v) is 4.21. The molecule has 8 heteroatoms. The number of ether oxygens (including phenoxy) is 2. The van der Waals surface area contributed by atoms with Gasteiger partial charge in [-0.2, -0.15) is 0 Å². The molecule has 0 fully saturated rings. The number of rotatable bonds is 6. The van der Waals surface area contributed by atoms with E-state index in [2.05, 4.69) is 15.5 Å². The summed E-state index contributed by atoms with van der Waals surface area (Å²) in [5.41, 5.74) is 3.36. The molecule has 29 heavy (non-hydrogen) atoms. The highest BCUT2D eigenvalue weighted by Crippen LogP contribution is 2.34. The highest BCUT2D eigenvalue weighted by atomic mass is 32.2. The first kappa shape index (κ1) is 19.3. The average Bonchev–Trinajstić information content (AvgIpc) is 3.32. The molecule has 1 aliphatic rings. The molecule has 3 aromatic rings. The molecular formula is C21H21N3O4S. The second-order valence-corrected chi connectivity index (χ2v) is 7.72. The molecule has 0 bridgehead atoms. The molecule has 2 aromatic heterocycles. The Balaban J connectivity index is 1.47. The summed E-state index contributed by atoms with van der Waals surface area (Å²) in [5.74, 6) is 2.66. The zero-order valence-corrected chi connectivity index (χ0v) is 17.2. The first-order valence-electron chi connectivity index (χ1n) is 9.23. The van der Waals surface area contributed by atoms with Gasteiger partial charge in [-0.1, -0.05) is 11.2 Å². The number of aromatic nitrogens is 2. The second-order valence-electron chi connectivity index (χ2n) is 6.76. The molecule has 7 nitrogen and oxygen atoms in total. The van der Waals surface area contributed by atoms with Crippen LogP contribution in [0.15, 0.2) is 46.1 Å². The number of hydrogen-bond donors (Lipinski definition) is 1. The van der Waals surface area contributed by atoms with Gasteiger partial charge in [0.2, 0.25) is 6.79 Å². The summed E-state index contributed by atoms with van der Waals surface area (Å²) >= 11 is 1.49. The van der Waals surface area contributed by atoms with Gasteiger partial charge in [-0.05, 0) is 50.6 Å². The number of nitrogens with zero attached hydrogens (tertiary/aromatic N) is 2. The summed E-state index contributed by atoms with van der Waals surface area (Å²) in [6.45, 7) is 5.95. The summed E-state index contributed by atoms with van der Waals surface area (Å²) < 4.78 is 16.0. The van der Waals surface area contributed by atoms with E-state index in [0.717, 1.165) is 28.3 Å². The number of fused-ring (bicyclic) bond motifs is 1. The highest BCUT2D eigenvalue weighted by molar-refractivity contribution is 7.98. The molecule has 1 N–H and O–H groups in total. The van der Waals surface area contributed by atoms with Crippen LogP contribution in [-0.2, 0) is 5.75 Å². The van der Waals surface area contributed by atoms with Crippen LogP contribution in [0.2, 0.25) is 0 Å². The monoisotopic (exact) mass is 411 g/mol. The number of amides is 1. The van der Waals surface area contributed by atoms with Crippen LogP contribution in [0.5, 0.6) is 11.5 Å². The van der Waals surface area contributed by atoms with Crippen molar-refractivity contribution >= 4 is 17.7 Å². The van der Waals surface area contributed by atoms with Gasteiger partial charge in [0.15, 0.2) is 11.5 Å². The van der Waals surface area contributed by atoms with E-state index in [0.29, 0.717) is 22.1 Å². The lowest BCUT2D eigenvalue weighted by Crippen LogP contribution is -2.27. The zero-order chi connectivity index (χ0) is 20.4. The molecule has 0 aliphatic carbocycles. The quantitative estimate of drug-likeness (QED) is 0.608. The topological polar surface area (TPSA) is 86.5 Å². The Morgan fingerprint density at radius 3 is 2.86 bits per heavy atom. The molecular weight excluding hydrogens is 390 g/mol. The Kier molecular flexibility index (Phi) is 5.44. The fourth-order valence-electron chi connectivity index (χ4n) is 3.07. The Bertz CT molecular complexity index is 1030. The minimum absolute atomic E-state index is 0.176. The highest BCUT2D eigenvalue weighted by Gasteiger charge is 2.20. The molecule has 1 aromatic carbocycles. The Labute approximate surface area is 172 Å². The molecule has 4 rings (SSSR count). The van der Waals surface area contributed by atoms with E-state index in [1.165, 1.54) is 11.8 Å². The largest absolute Gasteiger partial charge is 0.454 e. The smallest absolute Gasteiger partial charge is 0.254 e. The number of carbonyl (C=O) groups is 1. The Hall–Kier alpha value is -3.00. The van der Waals surface area contributed by atoms with E-state index >= 15 is 0 Å². The lowest BCUT2D eigenvalue weighted by molar-refractivity contribution is 0.0936. The third kappa shape index (κ3) is 4.07. The molecule has 0 saturated heterocycles. The number of nitrogens with one attached hydrogen (secondary N) is 1. The summed E-state index contributed by atoms with van der Waals surface area (Å²) in [5, 5.41) is 7.69. The van der Waals surface area contributed by atoms with E-state index in [-0.39, 0.29) is 18.7 Å². The molecule has 0 radical (unpaired) electrons. The van der Waals surface area contributed by atoms with Crippen molar-refractivity contribution < 1.29 is 18.8 Å². The molecule has 1 amide bonds. The maximum absolute atomic E-state index is 12.9. The average molecular weight is 411 g/mol. The van der Waals surface area contributed by atoms with Crippen LogP contribution in [0.25, 0.3) is 0 Å². The molecule has 150 valence electrons. The van der Waals surface area contributed by atoms with Crippen LogP contribution in [-0.4, -0.2) is 22.8 Å². The van der Waals surface area contributed by atoms with Crippen molar-refractivity contribution in [2.24, 2.45) is 0 Å². The minimum atomic E-state index is -0.197. The lowest BCUT2D eigenvalue weighted by atomic mass is 10.1. The molecule has 1 atom stereocenters. The van der Waals surface area contributed by atoms with Crippen molar-refractivity contribution in [3.63, 3.8) is 0 Å². The van der Waals surface area contributed by atoms with Crippen molar-refractivity contribution in [3.8, 4) is 11.5 Å². The summed E-state index contributed by atoms with van der Waals surface area (Å²) in [6.07, 6.45) is 1.69. The van der Waals surface area contributed by atoms with E-state index in [4.69, 9.17) is 14.0 Å². The number of pyridine rings is 1. The predicted octanol–water partition coefficient (Wildman–Crippen LogP) is 4.20. The maximum atomic E-state index is 12.9. The number of aryl methyl sites for hydroxylation is 2. The minimum Gasteiger partial charge on any atom is -0.454 e. The third-order valence-electron chi connectivity index (χ3n) is 4.79. The van der Waals surface area contributed by atoms with Gasteiger partial charge in [0.1, 0.15) is 10.8 Å². The van der Waals surface area contributed by atoms with Crippen LogP contribution in [0, 0.1) is 13.8 Å². The van der Waals surface area contributed by atoms with Gasteiger partial charge in [0.05, 0.1) is 17.3 Å². The SMILES string of the molecule is Cc1noc(C)c1CSc1ncccc1C(=O)NC(C)c1ccc2c(c1)OCO2. The van der Waals surface area contributed by atoms with Crippen LogP contribution in [0.3, 0.4) is 0 Å². The second kappa shape index (κ2) is 8.16. The van der Waals surface area contributed by atoms with Gasteiger partial charge in [-0.15, -0.1) is 11.8 Å². The van der Waals surface area contributed by atoms with Crippen molar-refractivity contribution in [3.05, 3.63) is 64.7 Å². The number of thioether (sulfide) groups is 1. The standard InChI is InChI=1S/C21H21N3O4S/c1-12(15-6-7-18-19(9-15)27-11-26-18)23-20(25)16-5-4-8-22-21(16)29-10-17-13(2)24-28-14(17)3/h4-9,12H,10-11H2,1-3H3,(H,23,25). The van der Waals surface area contributed by atoms with Gasteiger partial charge < -0.3 is 19.3 Å². The van der Waals surface area contributed by atoms with Gasteiger partial charge >= 0.3 is 0 Å². The summed E-state index contributed by atoms with van der Waals surface area (Å²) in [4.78, 5) is 17.3. The molecule has 1 unspecified atom stereocenters. The fraction of sp³-hybridized carbons (Fsp3) is 0.286. The van der Waals surface area contributed by atoms with Crippen molar-refractivity contribution in [1.82, 2.24) is 15.5 Å². The number of benzene rings is 1. The van der Waals surface area contributed by atoms with Crippen molar-refractivity contribution in [1.29, 1.82) is 0 Å². The van der Waals surface area contributed by atoms with E-state index < -0.39 is 0 Å². The first-order valence-corrected chi connectivity index (χ1v) is 10.2. The summed E-state index contributed by atoms with van der Waals surface area (Å²) in [7, 11) is 0. The zero-order valence-electron chi connectivity index (χ0n) is 16.4. The van der Waals surface area contributed by atoms with Crippen LogP contribution >= 0.6 is 11.8 Å². The number of carbonyl (C=O) groups excluding carboxylic acids is 1. The Morgan fingerprint density at radius 1 is 1.24 bits per heavy atom. The van der Waals surface area contributed by atoms with Crippen LogP contribution < -0.4 is 14.8 Å². The van der Waals surface area contributed by atoms with E-state index in [1.54, 1.807) is 18.3 Å². The van der Waals surface area contributed by atoms with Crippen LogP contribution in [0.4, 0.5) is 0 Å². The van der Waals surface area contributed by atoms with E-state index in [1.807, 2.05) is 39.0 Å². The normalized spacial score (nSPS) is 13.3. The van der Waals surface area contributed by atoms with Crippen molar-refractivity contribution in [2.75, 3.05) is 6.79 Å². The summed E-state index contributed by atoms with van der Waals surface area (Å²) in [6, 6.07) is 9.02. The van der Waals surface area contributed by atoms with Gasteiger partial charge in [-0.25, -0.2) is 4.98 Å². The lowest BCUT2D eigenvalue weighted by Gasteiger charge is -2.16. The van der Waals surface area contributed by atoms with Gasteiger partial charge in [0, 0.05) is 17.5 Å². The molecule has 1 aliphatic heterocycles. The molecule has 3 heterocycles. The van der Waals surface area contributed by atoms with Gasteiger partial charge in [-0.3, -0.25) is 4.79 Å². The maximum Gasteiger partial charge on any atom is 0.254 e. The Morgan fingerprint density at radius 2 is 2.07 bits per heavy atom. The van der Waals surface area contributed by atoms with Crippen molar-refractivity contribution in [2.45, 2.75) is 37.6 Å². The predicted molar refractivity (Wildman–Crippen MR) is 108 cm³/mol. The van der Waals surface area contributed by atoms with E-state index in [9.17, 15) is 4.79 Å². The first-order chi connectivity index (χ1) is 14.0.